The molecule has 1 fully saturated rings. The molecule has 2 atom stereocenters. The molecule has 1 saturated carbocycles. The predicted molar refractivity (Wildman–Crippen MR) is 60.6 cm³/mol. The van der Waals surface area contributed by atoms with Crippen molar-refractivity contribution in [1.29, 1.82) is 0 Å². The fraction of sp³-hybridized carbons (Fsp3) is 0.615. The summed E-state index contributed by atoms with van der Waals surface area (Å²) in [4.78, 5) is 4.57. The molecule has 0 aliphatic heterocycles. The highest BCUT2D eigenvalue weighted by Gasteiger charge is 2.32. The maximum Gasteiger partial charge on any atom is 0.0607 e. The van der Waals surface area contributed by atoms with Crippen LogP contribution in [0.25, 0.3) is 0 Å². The van der Waals surface area contributed by atoms with Gasteiger partial charge in [0.05, 0.1) is 11.7 Å². The van der Waals surface area contributed by atoms with Crippen molar-refractivity contribution in [3.05, 3.63) is 29.6 Å². The van der Waals surface area contributed by atoms with E-state index in [2.05, 4.69) is 29.4 Å². The van der Waals surface area contributed by atoms with Crippen molar-refractivity contribution in [3.63, 3.8) is 0 Å². The summed E-state index contributed by atoms with van der Waals surface area (Å²) in [6, 6.07) is 5.56. The number of aryl methyl sites for hydroxylation is 1. The fourth-order valence-corrected chi connectivity index (χ4v) is 2.51. The zero-order chi connectivity index (χ0) is 10.3. The van der Waals surface area contributed by atoms with E-state index in [0.717, 1.165) is 12.0 Å². The van der Waals surface area contributed by atoms with Crippen LogP contribution in [-0.2, 0) is 6.42 Å². The number of nitrogens with zero attached hydrogens (tertiary/aromatic N) is 1. The molecule has 0 spiro atoms. The van der Waals surface area contributed by atoms with E-state index < -0.39 is 0 Å². The summed E-state index contributed by atoms with van der Waals surface area (Å²) in [5.74, 6) is 0.730. The molecule has 2 heteroatoms. The Morgan fingerprint density at radius 2 is 2.20 bits per heavy atom. The van der Waals surface area contributed by atoms with Gasteiger partial charge < -0.3 is 5.32 Å². The van der Waals surface area contributed by atoms with Gasteiger partial charge in [0.15, 0.2) is 0 Å². The number of nitrogens with one attached hydrogen (secondary N) is 1. The van der Waals surface area contributed by atoms with Crippen LogP contribution in [0.1, 0.15) is 43.5 Å². The molecule has 2 nitrogen and oxygen atoms in total. The topological polar surface area (TPSA) is 24.9 Å². The van der Waals surface area contributed by atoms with E-state index in [1.165, 1.54) is 36.9 Å². The third kappa shape index (κ3) is 1.78. The second kappa shape index (κ2) is 3.60. The fourth-order valence-electron chi connectivity index (χ4n) is 2.51. The number of hydrogen-bond acceptors (Lipinski definition) is 2. The summed E-state index contributed by atoms with van der Waals surface area (Å²) in [6.45, 7) is 2.34. The van der Waals surface area contributed by atoms with Gasteiger partial charge in [-0.15, -0.1) is 0 Å². The third-order valence-corrected chi connectivity index (χ3v) is 3.65. The molecule has 15 heavy (non-hydrogen) atoms. The highest BCUT2D eigenvalue weighted by atomic mass is 15.0. The monoisotopic (exact) mass is 202 g/mol. The number of pyridine rings is 1. The van der Waals surface area contributed by atoms with E-state index in [1.54, 1.807) is 0 Å². The zero-order valence-electron chi connectivity index (χ0n) is 9.24. The van der Waals surface area contributed by atoms with Crippen LogP contribution >= 0.6 is 0 Å². The maximum absolute atomic E-state index is 4.57. The van der Waals surface area contributed by atoms with Crippen LogP contribution in [0.3, 0.4) is 0 Å². The Balaban J connectivity index is 1.90. The largest absolute Gasteiger partial charge is 0.306 e. The lowest BCUT2D eigenvalue weighted by atomic mass is 9.84. The highest BCUT2D eigenvalue weighted by molar-refractivity contribution is 5.26. The molecule has 3 rings (SSSR count). The second-order valence-corrected chi connectivity index (χ2v) is 4.98. The molecule has 0 radical (unpaired) electrons. The SMILES string of the molecule is CC1CCc2cccnc2C1NC1CC1. The summed E-state index contributed by atoms with van der Waals surface area (Å²) >= 11 is 0. The molecule has 0 bridgehead atoms. The Kier molecular flexibility index (Phi) is 2.24. The molecule has 2 aliphatic rings. The summed E-state index contributed by atoms with van der Waals surface area (Å²) in [6.07, 6.45) is 7.13. The van der Waals surface area contributed by atoms with Crippen LogP contribution < -0.4 is 5.32 Å². The van der Waals surface area contributed by atoms with Crippen molar-refractivity contribution >= 4 is 0 Å². The van der Waals surface area contributed by atoms with E-state index in [0.29, 0.717) is 6.04 Å². The molecule has 1 N–H and O–H groups in total. The van der Waals surface area contributed by atoms with E-state index in [-0.39, 0.29) is 0 Å². The van der Waals surface area contributed by atoms with Crippen molar-refractivity contribution in [3.8, 4) is 0 Å². The average Bonchev–Trinajstić information content (AvgIpc) is 3.06. The summed E-state index contributed by atoms with van der Waals surface area (Å²) in [7, 11) is 0. The van der Waals surface area contributed by atoms with Crippen molar-refractivity contribution < 1.29 is 0 Å². The smallest absolute Gasteiger partial charge is 0.0607 e. The van der Waals surface area contributed by atoms with Gasteiger partial charge in [-0.25, -0.2) is 0 Å². The van der Waals surface area contributed by atoms with Crippen molar-refractivity contribution in [2.45, 2.75) is 44.7 Å². The Bertz CT molecular complexity index is 357. The first kappa shape index (κ1) is 9.34. The Labute approximate surface area is 91.1 Å². The molecule has 2 aliphatic carbocycles. The first-order valence-corrected chi connectivity index (χ1v) is 6.04. The maximum atomic E-state index is 4.57. The molecule has 1 aromatic rings. The molecular weight excluding hydrogens is 184 g/mol. The summed E-state index contributed by atoms with van der Waals surface area (Å²) in [5, 5.41) is 3.74. The van der Waals surface area contributed by atoms with Crippen LogP contribution in [0.2, 0.25) is 0 Å². The number of fused-ring (bicyclic) bond motifs is 1. The van der Waals surface area contributed by atoms with E-state index in [1.807, 2.05) is 6.20 Å². The van der Waals surface area contributed by atoms with Crippen molar-refractivity contribution in [2.75, 3.05) is 0 Å². The van der Waals surface area contributed by atoms with Gasteiger partial charge in [0.2, 0.25) is 0 Å². The molecular formula is C13H18N2. The first-order valence-electron chi connectivity index (χ1n) is 6.04. The minimum absolute atomic E-state index is 0.502. The van der Waals surface area contributed by atoms with Gasteiger partial charge in [0.1, 0.15) is 0 Å². The molecule has 0 amide bonds. The quantitative estimate of drug-likeness (QED) is 0.797. The third-order valence-electron chi connectivity index (χ3n) is 3.65. The molecule has 0 saturated heterocycles. The van der Waals surface area contributed by atoms with E-state index >= 15 is 0 Å². The lowest BCUT2D eigenvalue weighted by Crippen LogP contribution is -2.33. The van der Waals surface area contributed by atoms with Gasteiger partial charge in [-0.05, 0) is 43.2 Å². The van der Waals surface area contributed by atoms with Crippen molar-refractivity contribution in [2.24, 2.45) is 5.92 Å². The van der Waals surface area contributed by atoms with Crippen LogP contribution in [0.5, 0.6) is 0 Å². The van der Waals surface area contributed by atoms with Gasteiger partial charge in [-0.1, -0.05) is 13.0 Å². The summed E-state index contributed by atoms with van der Waals surface area (Å²) < 4.78 is 0. The number of rotatable bonds is 2. The van der Waals surface area contributed by atoms with Crippen LogP contribution in [0, 0.1) is 5.92 Å². The Morgan fingerprint density at radius 3 is 3.00 bits per heavy atom. The molecule has 1 aromatic heterocycles. The second-order valence-electron chi connectivity index (χ2n) is 4.98. The molecule has 80 valence electrons. The van der Waals surface area contributed by atoms with Gasteiger partial charge in [0, 0.05) is 12.2 Å². The molecule has 0 aromatic carbocycles. The van der Waals surface area contributed by atoms with E-state index in [9.17, 15) is 0 Å². The van der Waals surface area contributed by atoms with E-state index in [4.69, 9.17) is 0 Å². The minimum Gasteiger partial charge on any atom is -0.306 e. The molecule has 2 unspecified atom stereocenters. The van der Waals surface area contributed by atoms with Crippen LogP contribution in [0.15, 0.2) is 18.3 Å². The molecule has 1 heterocycles. The van der Waals surface area contributed by atoms with Gasteiger partial charge >= 0.3 is 0 Å². The van der Waals surface area contributed by atoms with Gasteiger partial charge in [0.25, 0.3) is 0 Å². The van der Waals surface area contributed by atoms with Gasteiger partial charge in [-0.2, -0.15) is 0 Å². The standard InChI is InChI=1S/C13H18N2/c1-9-4-5-10-3-2-8-14-13(10)12(9)15-11-6-7-11/h2-3,8-9,11-12,15H,4-7H2,1H3. The summed E-state index contributed by atoms with van der Waals surface area (Å²) in [5.41, 5.74) is 2.76. The average molecular weight is 202 g/mol. The number of hydrogen-bond donors (Lipinski definition) is 1. The first-order chi connectivity index (χ1) is 7.34. The van der Waals surface area contributed by atoms with Crippen LogP contribution in [0.4, 0.5) is 0 Å². The minimum atomic E-state index is 0.502. The predicted octanol–water partition coefficient (Wildman–Crippen LogP) is 2.46. The lowest BCUT2D eigenvalue weighted by Gasteiger charge is -2.31. The Hall–Kier alpha value is -0.890. The van der Waals surface area contributed by atoms with Crippen molar-refractivity contribution in [1.82, 2.24) is 10.3 Å². The zero-order valence-corrected chi connectivity index (χ0v) is 9.24. The van der Waals surface area contributed by atoms with Crippen LogP contribution in [-0.4, -0.2) is 11.0 Å². The van der Waals surface area contributed by atoms with Gasteiger partial charge in [-0.3, -0.25) is 4.98 Å². The lowest BCUT2D eigenvalue weighted by molar-refractivity contribution is 0.334. The normalized spacial score (nSPS) is 29.9. The number of aromatic nitrogens is 1. The highest BCUT2D eigenvalue weighted by Crippen LogP contribution is 2.35. The Morgan fingerprint density at radius 1 is 1.33 bits per heavy atom.